The first-order valence-corrected chi connectivity index (χ1v) is 6.44. The topological polar surface area (TPSA) is 70.6 Å². The van der Waals surface area contributed by atoms with Gasteiger partial charge >= 0.3 is 6.18 Å². The quantitative estimate of drug-likeness (QED) is 0.346. The molecule has 0 saturated carbocycles. The molecule has 0 spiro atoms. The van der Waals surface area contributed by atoms with E-state index in [1.807, 2.05) is 32.9 Å². The molecule has 0 amide bonds. The molecular formula is C14H20F3N3O. The minimum absolute atomic E-state index is 0.0268. The van der Waals surface area contributed by atoms with Crippen molar-refractivity contribution in [3.8, 4) is 0 Å². The van der Waals surface area contributed by atoms with E-state index in [1.165, 1.54) is 0 Å². The van der Waals surface area contributed by atoms with Crippen molar-refractivity contribution in [1.29, 1.82) is 0 Å². The molecule has 0 bridgehead atoms. The van der Waals surface area contributed by atoms with Gasteiger partial charge in [-0.25, -0.2) is 0 Å². The molecular weight excluding hydrogens is 283 g/mol. The first kappa shape index (κ1) is 17.1. The maximum absolute atomic E-state index is 12.8. The predicted molar refractivity (Wildman–Crippen MR) is 76.6 cm³/mol. The highest BCUT2D eigenvalue weighted by Gasteiger charge is 2.42. The molecule has 1 aromatic rings. The van der Waals surface area contributed by atoms with Crippen LogP contribution in [0.15, 0.2) is 29.4 Å². The van der Waals surface area contributed by atoms with Gasteiger partial charge in [-0.15, -0.1) is 0 Å². The molecule has 0 fully saturated rings. The van der Waals surface area contributed by atoms with Crippen LogP contribution in [0.1, 0.15) is 26.3 Å². The lowest BCUT2D eigenvalue weighted by Crippen LogP contribution is -2.40. The molecule has 21 heavy (non-hydrogen) atoms. The lowest BCUT2D eigenvalue weighted by atomic mass is 9.87. The highest BCUT2D eigenvalue weighted by atomic mass is 19.4. The van der Waals surface area contributed by atoms with E-state index in [2.05, 4.69) is 10.5 Å². The minimum Gasteiger partial charge on any atom is -0.409 e. The van der Waals surface area contributed by atoms with E-state index < -0.39 is 24.5 Å². The van der Waals surface area contributed by atoms with Crippen molar-refractivity contribution < 1.29 is 18.4 Å². The van der Waals surface area contributed by atoms with Gasteiger partial charge in [0, 0.05) is 12.2 Å². The molecule has 7 heteroatoms. The van der Waals surface area contributed by atoms with Crippen LogP contribution in [0, 0.1) is 5.92 Å². The second kappa shape index (κ2) is 6.24. The first-order chi connectivity index (χ1) is 9.55. The number of nitrogens with two attached hydrogens (primary N) is 1. The Hall–Kier alpha value is -1.92. The zero-order chi connectivity index (χ0) is 16.3. The van der Waals surface area contributed by atoms with Crippen LogP contribution in [-0.2, 0) is 5.41 Å². The number of nitrogens with zero attached hydrogens (tertiary/aromatic N) is 1. The maximum Gasteiger partial charge on any atom is 0.400 e. The molecule has 0 heterocycles. The van der Waals surface area contributed by atoms with Gasteiger partial charge in [0.1, 0.15) is 5.92 Å². The molecule has 0 saturated heterocycles. The van der Waals surface area contributed by atoms with Crippen molar-refractivity contribution in [1.82, 2.24) is 0 Å². The van der Waals surface area contributed by atoms with E-state index in [4.69, 9.17) is 10.9 Å². The standard InChI is InChI=1S/C14H20F3N3O/c1-13(2,3)9-4-6-10(7-5-9)19-8-11(12(18)20-21)14(15,16)17/h4-7,11,19,21H,8H2,1-3H3,(H2,18,20). The van der Waals surface area contributed by atoms with Gasteiger partial charge in [-0.05, 0) is 23.1 Å². The van der Waals surface area contributed by atoms with E-state index in [1.54, 1.807) is 12.1 Å². The summed E-state index contributed by atoms with van der Waals surface area (Å²) in [5.41, 5.74) is 6.69. The van der Waals surface area contributed by atoms with Gasteiger partial charge < -0.3 is 16.3 Å². The Morgan fingerprint density at radius 2 is 1.76 bits per heavy atom. The van der Waals surface area contributed by atoms with Gasteiger partial charge in [-0.2, -0.15) is 13.2 Å². The fraction of sp³-hybridized carbons (Fsp3) is 0.500. The van der Waals surface area contributed by atoms with Crippen LogP contribution in [-0.4, -0.2) is 23.8 Å². The van der Waals surface area contributed by atoms with Crippen LogP contribution < -0.4 is 11.1 Å². The van der Waals surface area contributed by atoms with Crippen molar-refractivity contribution in [3.05, 3.63) is 29.8 Å². The van der Waals surface area contributed by atoms with E-state index in [0.717, 1.165) is 5.56 Å². The lowest BCUT2D eigenvalue weighted by molar-refractivity contribution is -0.152. The van der Waals surface area contributed by atoms with Gasteiger partial charge in [-0.3, -0.25) is 0 Å². The number of oxime groups is 1. The van der Waals surface area contributed by atoms with Gasteiger partial charge in [0.25, 0.3) is 0 Å². The third-order valence-corrected chi connectivity index (χ3v) is 3.13. The molecule has 1 atom stereocenters. The predicted octanol–water partition coefficient (Wildman–Crippen LogP) is 3.32. The summed E-state index contributed by atoms with van der Waals surface area (Å²) >= 11 is 0. The van der Waals surface area contributed by atoms with Crippen molar-refractivity contribution >= 4 is 11.5 Å². The molecule has 1 aromatic carbocycles. The zero-order valence-corrected chi connectivity index (χ0v) is 12.2. The Kier molecular flexibility index (Phi) is 5.09. The molecule has 0 aliphatic heterocycles. The Bertz CT molecular complexity index is 490. The molecule has 1 unspecified atom stereocenters. The van der Waals surface area contributed by atoms with E-state index in [9.17, 15) is 13.2 Å². The molecule has 0 aliphatic carbocycles. The number of rotatable bonds is 4. The largest absolute Gasteiger partial charge is 0.409 e. The van der Waals surface area contributed by atoms with Crippen LogP contribution in [0.4, 0.5) is 18.9 Å². The highest BCUT2D eigenvalue weighted by Crippen LogP contribution is 2.27. The molecule has 4 nitrogen and oxygen atoms in total. The third-order valence-electron chi connectivity index (χ3n) is 3.13. The summed E-state index contributed by atoms with van der Waals surface area (Å²) < 4.78 is 38.3. The number of benzene rings is 1. The summed E-state index contributed by atoms with van der Waals surface area (Å²) in [5, 5.41) is 13.5. The lowest BCUT2D eigenvalue weighted by Gasteiger charge is -2.21. The van der Waals surface area contributed by atoms with Crippen LogP contribution >= 0.6 is 0 Å². The summed E-state index contributed by atoms with van der Waals surface area (Å²) in [5.74, 6) is -2.90. The molecule has 4 N–H and O–H groups in total. The zero-order valence-electron chi connectivity index (χ0n) is 12.2. The maximum atomic E-state index is 12.8. The van der Waals surface area contributed by atoms with E-state index in [-0.39, 0.29) is 5.41 Å². The molecule has 1 rings (SSSR count). The molecule has 0 aromatic heterocycles. The van der Waals surface area contributed by atoms with Crippen molar-refractivity contribution in [2.45, 2.75) is 32.4 Å². The number of anilines is 1. The number of hydrogen-bond acceptors (Lipinski definition) is 3. The Balaban J connectivity index is 2.78. The molecule has 0 radical (unpaired) electrons. The fourth-order valence-electron chi connectivity index (χ4n) is 1.77. The van der Waals surface area contributed by atoms with Crippen molar-refractivity contribution in [3.63, 3.8) is 0 Å². The average molecular weight is 303 g/mol. The minimum atomic E-state index is -4.57. The SMILES string of the molecule is CC(C)(C)c1ccc(NCC(/C(N)=N/O)C(F)(F)F)cc1. The summed E-state index contributed by atoms with van der Waals surface area (Å²) in [4.78, 5) is 0. The van der Waals surface area contributed by atoms with Gasteiger partial charge in [-0.1, -0.05) is 38.1 Å². The first-order valence-electron chi connectivity index (χ1n) is 6.44. The van der Waals surface area contributed by atoms with Crippen LogP contribution in [0.3, 0.4) is 0 Å². The highest BCUT2D eigenvalue weighted by molar-refractivity contribution is 5.83. The van der Waals surface area contributed by atoms with Gasteiger partial charge in [0.15, 0.2) is 5.84 Å². The van der Waals surface area contributed by atoms with E-state index in [0.29, 0.717) is 5.69 Å². The van der Waals surface area contributed by atoms with E-state index >= 15 is 0 Å². The van der Waals surface area contributed by atoms with Crippen LogP contribution in [0.5, 0.6) is 0 Å². The smallest absolute Gasteiger partial charge is 0.400 e. The van der Waals surface area contributed by atoms with Gasteiger partial charge in [0.05, 0.1) is 0 Å². The second-order valence-electron chi connectivity index (χ2n) is 5.83. The number of amidine groups is 1. The van der Waals surface area contributed by atoms with Crippen LogP contribution in [0.25, 0.3) is 0 Å². The van der Waals surface area contributed by atoms with Crippen molar-refractivity contribution in [2.75, 3.05) is 11.9 Å². The van der Waals surface area contributed by atoms with Crippen LogP contribution in [0.2, 0.25) is 0 Å². The molecule has 0 aliphatic rings. The summed E-state index contributed by atoms with van der Waals surface area (Å²) in [7, 11) is 0. The normalized spacial score (nSPS) is 14.9. The average Bonchev–Trinajstić information content (AvgIpc) is 2.36. The van der Waals surface area contributed by atoms with Crippen molar-refractivity contribution in [2.24, 2.45) is 16.8 Å². The second-order valence-corrected chi connectivity index (χ2v) is 5.83. The summed E-state index contributed by atoms with van der Waals surface area (Å²) in [6, 6.07) is 7.13. The number of alkyl halides is 3. The number of halogens is 3. The monoisotopic (exact) mass is 303 g/mol. The van der Waals surface area contributed by atoms with Gasteiger partial charge in [0.2, 0.25) is 0 Å². The number of nitrogens with one attached hydrogen (secondary N) is 1. The Morgan fingerprint density at radius 1 is 1.24 bits per heavy atom. The summed E-state index contributed by atoms with van der Waals surface area (Å²) in [6.07, 6.45) is -4.57. The fourth-order valence-corrected chi connectivity index (χ4v) is 1.77. The third kappa shape index (κ3) is 4.84. The Labute approximate surface area is 121 Å². The number of hydrogen-bond donors (Lipinski definition) is 3. The Morgan fingerprint density at radius 3 is 2.14 bits per heavy atom. The summed E-state index contributed by atoms with van der Waals surface area (Å²) in [6.45, 7) is 5.66. The molecule has 118 valence electrons.